The summed E-state index contributed by atoms with van der Waals surface area (Å²) in [5.41, 5.74) is 1.55. The number of ether oxygens (including phenoxy) is 2. The van der Waals surface area contributed by atoms with E-state index in [2.05, 4.69) is 14.7 Å². The van der Waals surface area contributed by atoms with Gasteiger partial charge in [0, 0.05) is 25.7 Å². The summed E-state index contributed by atoms with van der Waals surface area (Å²) >= 11 is 0. The molecule has 1 amide bonds. The molecule has 0 bridgehead atoms. The van der Waals surface area contributed by atoms with Crippen molar-refractivity contribution in [1.82, 2.24) is 14.6 Å². The molecule has 0 fully saturated rings. The van der Waals surface area contributed by atoms with E-state index in [-0.39, 0.29) is 36.2 Å². The molecule has 1 N–H and O–H groups in total. The highest BCUT2D eigenvalue weighted by molar-refractivity contribution is 7.89. The number of ketones is 1. The Kier molecular flexibility index (Phi) is 6.49. The van der Waals surface area contributed by atoms with E-state index in [0.29, 0.717) is 34.4 Å². The van der Waals surface area contributed by atoms with E-state index in [1.807, 2.05) is 0 Å². The molecule has 0 saturated heterocycles. The molecule has 10 nitrogen and oxygen atoms in total. The zero-order valence-corrected chi connectivity index (χ0v) is 19.8. The lowest BCUT2D eigenvalue weighted by atomic mass is 9.92. The number of rotatable bonds is 8. The van der Waals surface area contributed by atoms with Crippen LogP contribution in [0.4, 0.5) is 0 Å². The maximum atomic E-state index is 12.6. The zero-order valence-electron chi connectivity index (χ0n) is 18.9. The molecular formula is C23H24N4O6S. The first kappa shape index (κ1) is 23.6. The number of carbonyl (C=O) groups is 2. The first-order chi connectivity index (χ1) is 16.2. The molecule has 0 spiro atoms. The summed E-state index contributed by atoms with van der Waals surface area (Å²) in [5, 5.41) is 0. The minimum atomic E-state index is -3.77. The normalized spacial score (nSPS) is 18.1. The quantitative estimate of drug-likeness (QED) is 0.563. The molecule has 1 aromatic heterocycles. The minimum absolute atomic E-state index is 0.0413. The summed E-state index contributed by atoms with van der Waals surface area (Å²) in [6.07, 6.45) is 0.0598. The Hall–Kier alpha value is -3.57. The number of nitrogens with zero attached hydrogens (tertiary/aromatic N) is 3. The first-order valence-corrected chi connectivity index (χ1v) is 12.1. The molecular weight excluding hydrogens is 460 g/mol. The van der Waals surface area contributed by atoms with Gasteiger partial charge < -0.3 is 9.47 Å². The molecule has 1 aromatic carbocycles. The Labute approximate surface area is 197 Å². The number of benzene rings is 1. The highest BCUT2D eigenvalue weighted by Crippen LogP contribution is 2.34. The van der Waals surface area contributed by atoms with E-state index in [1.54, 1.807) is 44.3 Å². The summed E-state index contributed by atoms with van der Waals surface area (Å²) in [4.78, 5) is 34.9. The number of hydrogen-bond donors (Lipinski definition) is 1. The Morgan fingerprint density at radius 3 is 2.53 bits per heavy atom. The molecule has 34 heavy (non-hydrogen) atoms. The summed E-state index contributed by atoms with van der Waals surface area (Å²) in [6, 6.07) is 11.1. The van der Waals surface area contributed by atoms with Crippen LogP contribution in [0.1, 0.15) is 18.9 Å². The van der Waals surface area contributed by atoms with Gasteiger partial charge >= 0.3 is 0 Å². The van der Waals surface area contributed by atoms with Crippen LogP contribution in [0.15, 0.2) is 63.7 Å². The molecule has 2 aliphatic heterocycles. The van der Waals surface area contributed by atoms with E-state index in [4.69, 9.17) is 9.47 Å². The molecule has 3 heterocycles. The van der Waals surface area contributed by atoms with E-state index in [0.717, 1.165) is 0 Å². The lowest BCUT2D eigenvalue weighted by Crippen LogP contribution is -2.28. The Bertz CT molecular complexity index is 1300. The van der Waals surface area contributed by atoms with Gasteiger partial charge in [-0.05, 0) is 24.6 Å². The Balaban J connectivity index is 1.41. The Morgan fingerprint density at radius 2 is 1.82 bits per heavy atom. The van der Waals surface area contributed by atoms with Gasteiger partial charge in [0.2, 0.25) is 27.7 Å². The summed E-state index contributed by atoms with van der Waals surface area (Å²) < 4.78 is 38.2. The van der Waals surface area contributed by atoms with Crippen molar-refractivity contribution in [1.29, 1.82) is 0 Å². The van der Waals surface area contributed by atoms with Crippen LogP contribution in [0, 0.1) is 5.92 Å². The van der Waals surface area contributed by atoms with Crippen molar-refractivity contribution in [2.24, 2.45) is 10.9 Å². The molecule has 4 rings (SSSR count). The molecule has 178 valence electrons. The second-order valence-corrected chi connectivity index (χ2v) is 9.57. The van der Waals surface area contributed by atoms with Gasteiger partial charge in [-0.15, -0.1) is 0 Å². The fraction of sp³-hybridized carbons (Fsp3) is 0.304. The van der Waals surface area contributed by atoms with Gasteiger partial charge in [0.1, 0.15) is 12.4 Å². The number of amides is 1. The maximum Gasteiger partial charge on any atom is 0.240 e. The molecule has 1 unspecified atom stereocenters. The third-order valence-corrected chi connectivity index (χ3v) is 7.09. The third kappa shape index (κ3) is 4.57. The lowest BCUT2D eigenvalue weighted by Gasteiger charge is -2.17. The van der Waals surface area contributed by atoms with Crippen LogP contribution in [0.25, 0.3) is 0 Å². The molecule has 1 atom stereocenters. The van der Waals surface area contributed by atoms with Gasteiger partial charge in [-0.1, -0.05) is 18.2 Å². The average Bonchev–Trinajstić information content (AvgIpc) is 3.06. The summed E-state index contributed by atoms with van der Waals surface area (Å²) in [7, 11) is -0.681. The Morgan fingerprint density at radius 1 is 1.12 bits per heavy atom. The molecule has 2 aliphatic rings. The summed E-state index contributed by atoms with van der Waals surface area (Å²) in [5.74, 6) is 0.285. The van der Waals surface area contributed by atoms with Crippen molar-refractivity contribution >= 4 is 27.4 Å². The van der Waals surface area contributed by atoms with Crippen LogP contribution in [0.2, 0.25) is 0 Å². The standard InChI is InChI=1S/C23H24N4O6S/c1-14-21-18(28)13-17(25-22(21)27(2)23(14)29)15-7-9-16(10-8-15)34(30,31)24-11-12-33-20-6-4-5-19(26-20)32-3/h4-10,14,24H,11-13H2,1-3H3. The first-order valence-electron chi connectivity index (χ1n) is 10.6. The van der Waals surface area contributed by atoms with Gasteiger partial charge in [-0.25, -0.2) is 18.1 Å². The second-order valence-electron chi connectivity index (χ2n) is 7.80. The van der Waals surface area contributed by atoms with Crippen LogP contribution in [0.5, 0.6) is 11.8 Å². The second kappa shape index (κ2) is 9.35. The number of Topliss-reactive ketones (excluding diaryl/α,β-unsaturated/α-hetero) is 1. The van der Waals surface area contributed by atoms with E-state index in [9.17, 15) is 18.0 Å². The third-order valence-electron chi connectivity index (χ3n) is 5.61. The molecule has 11 heteroatoms. The fourth-order valence-corrected chi connectivity index (χ4v) is 4.82. The monoisotopic (exact) mass is 484 g/mol. The van der Waals surface area contributed by atoms with E-state index in [1.165, 1.54) is 24.1 Å². The van der Waals surface area contributed by atoms with Crippen molar-refractivity contribution < 1.29 is 27.5 Å². The topological polar surface area (TPSA) is 127 Å². The van der Waals surface area contributed by atoms with Gasteiger partial charge in [-0.2, -0.15) is 4.98 Å². The number of nitrogens with one attached hydrogen (secondary N) is 1. The van der Waals surface area contributed by atoms with Crippen molar-refractivity contribution in [3.05, 3.63) is 59.4 Å². The number of aliphatic imine (C=N–C) groups is 1. The van der Waals surface area contributed by atoms with Crippen LogP contribution >= 0.6 is 0 Å². The van der Waals surface area contributed by atoms with Gasteiger partial charge in [0.15, 0.2) is 5.78 Å². The highest BCUT2D eigenvalue weighted by atomic mass is 32.2. The minimum Gasteiger partial charge on any atom is -0.481 e. The van der Waals surface area contributed by atoms with Gasteiger partial charge in [-0.3, -0.25) is 14.5 Å². The molecule has 0 radical (unpaired) electrons. The predicted molar refractivity (Wildman–Crippen MR) is 123 cm³/mol. The number of methoxy groups -OCH3 is 1. The van der Waals surface area contributed by atoms with Crippen molar-refractivity contribution in [2.75, 3.05) is 27.3 Å². The van der Waals surface area contributed by atoms with Gasteiger partial charge in [0.05, 0.1) is 35.6 Å². The van der Waals surface area contributed by atoms with Crippen LogP contribution in [0.3, 0.4) is 0 Å². The van der Waals surface area contributed by atoms with Crippen LogP contribution < -0.4 is 14.2 Å². The van der Waals surface area contributed by atoms with E-state index >= 15 is 0 Å². The fourth-order valence-electron chi connectivity index (χ4n) is 3.81. The lowest BCUT2D eigenvalue weighted by molar-refractivity contribution is -0.129. The number of carbonyl (C=O) groups excluding carboxylic acids is 2. The van der Waals surface area contributed by atoms with Crippen molar-refractivity contribution in [2.45, 2.75) is 18.2 Å². The number of aromatic nitrogens is 1. The number of hydrogen-bond acceptors (Lipinski definition) is 8. The highest BCUT2D eigenvalue weighted by Gasteiger charge is 2.40. The smallest absolute Gasteiger partial charge is 0.240 e. The van der Waals surface area contributed by atoms with Crippen molar-refractivity contribution in [3.8, 4) is 11.8 Å². The zero-order chi connectivity index (χ0) is 24.5. The number of pyridine rings is 1. The van der Waals surface area contributed by atoms with Gasteiger partial charge in [0.25, 0.3) is 0 Å². The largest absolute Gasteiger partial charge is 0.481 e. The maximum absolute atomic E-state index is 12.6. The predicted octanol–water partition coefficient (Wildman–Crippen LogP) is 1.53. The SMILES string of the molecule is COc1cccc(OCCNS(=O)(=O)c2ccc(C3=NC4=C(C(=O)C3)C(C)C(=O)N4C)cc2)n1. The van der Waals surface area contributed by atoms with Crippen LogP contribution in [-0.2, 0) is 19.6 Å². The number of sulfonamides is 1. The molecule has 2 aromatic rings. The molecule has 0 saturated carbocycles. The van der Waals surface area contributed by atoms with E-state index < -0.39 is 15.9 Å². The van der Waals surface area contributed by atoms with Crippen LogP contribution in [-0.4, -0.2) is 63.0 Å². The summed E-state index contributed by atoms with van der Waals surface area (Å²) in [6.45, 7) is 1.82. The molecule has 0 aliphatic carbocycles. The van der Waals surface area contributed by atoms with Crippen molar-refractivity contribution in [3.63, 3.8) is 0 Å². The average molecular weight is 485 g/mol.